The fourth-order valence-corrected chi connectivity index (χ4v) is 2.60. The van der Waals surface area contributed by atoms with Crippen molar-refractivity contribution in [2.24, 2.45) is 5.92 Å². The number of carbonyl (C=O) groups is 1. The summed E-state index contributed by atoms with van der Waals surface area (Å²) in [6.45, 7) is 0. The molecule has 0 spiro atoms. The third-order valence-electron chi connectivity index (χ3n) is 3.55. The molecule has 1 atom stereocenters. The van der Waals surface area contributed by atoms with Gasteiger partial charge >= 0.3 is 0 Å². The summed E-state index contributed by atoms with van der Waals surface area (Å²) in [5, 5.41) is 0. The number of H-pyrrole nitrogens is 1. The molecule has 17 heavy (non-hydrogen) atoms. The predicted octanol–water partition coefficient (Wildman–Crippen LogP) is 2.54. The van der Waals surface area contributed by atoms with E-state index < -0.39 is 0 Å². The number of hydrogen-bond acceptors (Lipinski definition) is 1. The minimum atomic E-state index is 0.153. The first-order chi connectivity index (χ1) is 8.33. The van der Waals surface area contributed by atoms with Crippen LogP contribution in [0.15, 0.2) is 42.7 Å². The molecule has 1 aromatic heterocycles. The highest BCUT2D eigenvalue weighted by molar-refractivity contribution is 5.85. The van der Waals surface area contributed by atoms with Crippen molar-refractivity contribution in [3.05, 3.63) is 59.4 Å². The molecular weight excluding hydrogens is 210 g/mol. The molecule has 1 aliphatic carbocycles. The molecule has 2 nitrogen and oxygen atoms in total. The first-order valence-corrected chi connectivity index (χ1v) is 6.04. The van der Waals surface area contributed by atoms with E-state index in [9.17, 15) is 4.79 Å². The number of ketones is 1. The maximum atomic E-state index is 12.1. The largest absolute Gasteiger partial charge is 0.367 e. The third kappa shape index (κ3) is 2.03. The Balaban J connectivity index is 1.82. The van der Waals surface area contributed by atoms with E-state index in [2.05, 4.69) is 23.2 Å². The van der Waals surface area contributed by atoms with Gasteiger partial charge < -0.3 is 4.98 Å². The lowest BCUT2D eigenvalue weighted by molar-refractivity contribution is -0.122. The molecule has 2 heteroatoms. The van der Waals surface area contributed by atoms with Crippen LogP contribution in [0.5, 0.6) is 0 Å². The number of rotatable bonds is 2. The highest BCUT2D eigenvalue weighted by atomic mass is 16.1. The zero-order chi connectivity index (χ0) is 11.7. The summed E-state index contributed by atoms with van der Waals surface area (Å²) >= 11 is 0. The van der Waals surface area contributed by atoms with Gasteiger partial charge in [0.2, 0.25) is 0 Å². The van der Waals surface area contributed by atoms with Gasteiger partial charge in [0.05, 0.1) is 0 Å². The molecule has 0 amide bonds. The summed E-state index contributed by atoms with van der Waals surface area (Å²) in [7, 11) is 0. The summed E-state index contributed by atoms with van der Waals surface area (Å²) < 4.78 is 0. The van der Waals surface area contributed by atoms with E-state index in [0.717, 1.165) is 12.8 Å². The maximum Gasteiger partial charge on any atom is 0.141 e. The Labute approximate surface area is 101 Å². The van der Waals surface area contributed by atoms with Crippen molar-refractivity contribution < 1.29 is 4.79 Å². The maximum absolute atomic E-state index is 12.1. The summed E-state index contributed by atoms with van der Waals surface area (Å²) in [5.41, 5.74) is 3.78. The molecule has 0 saturated carbocycles. The fourth-order valence-electron chi connectivity index (χ4n) is 2.60. The molecule has 1 N–H and O–H groups in total. The third-order valence-corrected chi connectivity index (χ3v) is 3.55. The number of benzene rings is 1. The minimum Gasteiger partial charge on any atom is -0.367 e. The molecular formula is C15H15NO. The van der Waals surface area contributed by atoms with E-state index in [1.54, 1.807) is 0 Å². The fraction of sp³-hybridized carbons (Fsp3) is 0.267. The normalized spacial score (nSPS) is 19.1. The van der Waals surface area contributed by atoms with Crippen LogP contribution in [0, 0.1) is 5.92 Å². The van der Waals surface area contributed by atoms with Gasteiger partial charge in [-0.2, -0.15) is 0 Å². The zero-order valence-corrected chi connectivity index (χ0v) is 9.65. The summed E-state index contributed by atoms with van der Waals surface area (Å²) in [6, 6.07) is 10.3. The monoisotopic (exact) mass is 225 g/mol. The molecule has 1 aliphatic rings. The van der Waals surface area contributed by atoms with Crippen molar-refractivity contribution in [3.8, 4) is 0 Å². The number of nitrogens with one attached hydrogen (secondary N) is 1. The Morgan fingerprint density at radius 2 is 2.00 bits per heavy atom. The van der Waals surface area contributed by atoms with Gasteiger partial charge in [0.15, 0.2) is 0 Å². The Bertz CT molecular complexity index is 528. The van der Waals surface area contributed by atoms with Crippen LogP contribution in [0.25, 0.3) is 0 Å². The summed E-state index contributed by atoms with van der Waals surface area (Å²) in [6.07, 6.45) is 6.24. The van der Waals surface area contributed by atoms with Crippen LogP contribution >= 0.6 is 0 Å². The molecule has 2 aromatic rings. The Morgan fingerprint density at radius 3 is 2.76 bits per heavy atom. The van der Waals surface area contributed by atoms with Crippen LogP contribution in [0.4, 0.5) is 0 Å². The highest BCUT2D eigenvalue weighted by Gasteiger charge is 2.25. The minimum absolute atomic E-state index is 0.153. The van der Waals surface area contributed by atoms with Crippen molar-refractivity contribution in [3.63, 3.8) is 0 Å². The Hall–Kier alpha value is -1.83. The van der Waals surface area contributed by atoms with Crippen molar-refractivity contribution in [2.75, 3.05) is 0 Å². The quantitative estimate of drug-likeness (QED) is 0.837. The van der Waals surface area contributed by atoms with Crippen LogP contribution in [0.2, 0.25) is 0 Å². The van der Waals surface area contributed by atoms with Crippen molar-refractivity contribution in [1.82, 2.24) is 4.98 Å². The molecule has 0 saturated heterocycles. The smallest absolute Gasteiger partial charge is 0.141 e. The van der Waals surface area contributed by atoms with Gasteiger partial charge in [-0.05, 0) is 35.6 Å². The first kappa shape index (κ1) is 10.3. The Morgan fingerprint density at radius 1 is 1.18 bits per heavy atom. The van der Waals surface area contributed by atoms with E-state index in [1.807, 2.05) is 24.5 Å². The average Bonchev–Trinajstić information content (AvgIpc) is 2.83. The number of Topliss-reactive ketones (excluding diaryl/α,β-unsaturated/α-hetero) is 1. The van der Waals surface area contributed by atoms with Gasteiger partial charge in [-0.15, -0.1) is 0 Å². The van der Waals surface area contributed by atoms with Crippen LogP contribution in [0.3, 0.4) is 0 Å². The second-order valence-electron chi connectivity index (χ2n) is 4.74. The van der Waals surface area contributed by atoms with Crippen LogP contribution < -0.4 is 0 Å². The zero-order valence-electron chi connectivity index (χ0n) is 9.65. The Kier molecular flexibility index (Phi) is 2.56. The molecule has 0 radical (unpaired) electrons. The number of carbonyl (C=O) groups excluding carboxylic acids is 1. The molecule has 1 unspecified atom stereocenters. The second-order valence-corrected chi connectivity index (χ2v) is 4.74. The predicted molar refractivity (Wildman–Crippen MR) is 66.8 cm³/mol. The summed E-state index contributed by atoms with van der Waals surface area (Å²) in [5.74, 6) is 0.533. The molecule has 0 fully saturated rings. The van der Waals surface area contributed by atoms with Crippen molar-refractivity contribution >= 4 is 5.78 Å². The molecule has 0 bridgehead atoms. The van der Waals surface area contributed by atoms with E-state index in [1.165, 1.54) is 16.7 Å². The molecule has 86 valence electrons. The number of aromatic amines is 1. The standard InChI is InChI=1S/C15H15NO/c17-15-9-13-4-2-1-3-12(13)8-14(15)7-11-5-6-16-10-11/h1-6,10,14,16H,7-9H2. The van der Waals surface area contributed by atoms with Crippen molar-refractivity contribution in [2.45, 2.75) is 19.3 Å². The lowest BCUT2D eigenvalue weighted by Crippen LogP contribution is -2.26. The van der Waals surface area contributed by atoms with Gasteiger partial charge in [0, 0.05) is 24.7 Å². The molecule has 1 aromatic carbocycles. The molecule has 1 heterocycles. The average molecular weight is 225 g/mol. The lowest BCUT2D eigenvalue weighted by atomic mass is 9.80. The van der Waals surface area contributed by atoms with Gasteiger partial charge in [-0.3, -0.25) is 4.79 Å². The first-order valence-electron chi connectivity index (χ1n) is 6.04. The van der Waals surface area contributed by atoms with Crippen LogP contribution in [-0.4, -0.2) is 10.8 Å². The molecule has 3 rings (SSSR count). The van der Waals surface area contributed by atoms with E-state index >= 15 is 0 Å². The van der Waals surface area contributed by atoms with E-state index in [-0.39, 0.29) is 5.92 Å². The van der Waals surface area contributed by atoms with Gasteiger partial charge in [0.25, 0.3) is 0 Å². The van der Waals surface area contributed by atoms with Crippen LogP contribution in [-0.2, 0) is 24.1 Å². The highest BCUT2D eigenvalue weighted by Crippen LogP contribution is 2.25. The number of hydrogen-bond donors (Lipinski definition) is 1. The topological polar surface area (TPSA) is 32.9 Å². The number of fused-ring (bicyclic) bond motifs is 1. The number of aromatic nitrogens is 1. The van der Waals surface area contributed by atoms with E-state index in [4.69, 9.17) is 0 Å². The van der Waals surface area contributed by atoms with Gasteiger partial charge in [-0.1, -0.05) is 24.3 Å². The summed E-state index contributed by atoms with van der Waals surface area (Å²) in [4.78, 5) is 15.1. The van der Waals surface area contributed by atoms with Crippen molar-refractivity contribution in [1.29, 1.82) is 0 Å². The lowest BCUT2D eigenvalue weighted by Gasteiger charge is -2.23. The van der Waals surface area contributed by atoms with Gasteiger partial charge in [0.1, 0.15) is 5.78 Å². The molecule has 0 aliphatic heterocycles. The van der Waals surface area contributed by atoms with E-state index in [0.29, 0.717) is 12.2 Å². The van der Waals surface area contributed by atoms with Gasteiger partial charge in [-0.25, -0.2) is 0 Å². The second kappa shape index (κ2) is 4.21. The van der Waals surface area contributed by atoms with Crippen LogP contribution in [0.1, 0.15) is 16.7 Å². The SMILES string of the molecule is O=C1Cc2ccccc2CC1Cc1cc[nH]c1.